The van der Waals surface area contributed by atoms with Gasteiger partial charge in [0.25, 0.3) is 6.43 Å². The van der Waals surface area contributed by atoms with Crippen LogP contribution in [0.5, 0.6) is 5.75 Å². The first-order valence-electron chi connectivity index (χ1n) is 6.69. The first-order valence-corrected chi connectivity index (χ1v) is 6.69. The van der Waals surface area contributed by atoms with Gasteiger partial charge in [0.15, 0.2) is 11.6 Å². The molecule has 0 saturated carbocycles. The van der Waals surface area contributed by atoms with Crippen molar-refractivity contribution in [3.8, 4) is 5.75 Å². The number of hydrogen-bond acceptors (Lipinski definition) is 3. The molecule has 1 aromatic heterocycles. The van der Waals surface area contributed by atoms with Crippen LogP contribution in [-0.4, -0.2) is 47.6 Å². The highest BCUT2D eigenvalue weighted by Crippen LogP contribution is 2.35. The molecular weight excluding hydrogens is 280 g/mol. The number of carbonyl (C=O) groups is 1. The van der Waals surface area contributed by atoms with Crippen LogP contribution in [0.3, 0.4) is 0 Å². The number of alkyl halides is 2. The number of fused-ring (bicyclic) bond motifs is 1. The molecule has 2 amide bonds. The maximum Gasteiger partial charge on any atom is 0.326 e. The van der Waals surface area contributed by atoms with Crippen molar-refractivity contribution in [3.05, 3.63) is 18.3 Å². The van der Waals surface area contributed by atoms with Crippen LogP contribution >= 0.6 is 0 Å². The molecule has 2 heterocycles. The normalized spacial score (nSPS) is 18.0. The summed E-state index contributed by atoms with van der Waals surface area (Å²) >= 11 is 0. The molecule has 0 N–H and O–H groups in total. The van der Waals surface area contributed by atoms with E-state index >= 15 is 0 Å². The van der Waals surface area contributed by atoms with Gasteiger partial charge in [-0.25, -0.2) is 18.6 Å². The van der Waals surface area contributed by atoms with E-state index in [-0.39, 0.29) is 6.54 Å². The first-order chi connectivity index (χ1) is 9.73. The van der Waals surface area contributed by atoms with Gasteiger partial charge in [0.2, 0.25) is 0 Å². The van der Waals surface area contributed by atoms with Crippen molar-refractivity contribution in [1.82, 2.24) is 9.88 Å². The van der Waals surface area contributed by atoms with Crippen LogP contribution in [0.25, 0.3) is 0 Å². The molecular formula is C14H19F2N3O2. The summed E-state index contributed by atoms with van der Waals surface area (Å²) in [6.07, 6.45) is -1.06. The smallest absolute Gasteiger partial charge is 0.326 e. The van der Waals surface area contributed by atoms with Crippen molar-refractivity contribution in [2.24, 2.45) is 0 Å². The number of aromatic nitrogens is 1. The first kappa shape index (κ1) is 15.5. The second kappa shape index (κ2) is 5.46. The van der Waals surface area contributed by atoms with Crippen LogP contribution in [-0.2, 0) is 0 Å². The minimum absolute atomic E-state index is 0.246. The maximum atomic E-state index is 12.8. The lowest BCUT2D eigenvalue weighted by molar-refractivity contribution is 0.0591. The zero-order chi connectivity index (χ0) is 15.8. The van der Waals surface area contributed by atoms with Crippen molar-refractivity contribution in [2.75, 3.05) is 18.5 Å². The Morgan fingerprint density at radius 3 is 2.81 bits per heavy atom. The SMILES string of the molecule is CC(C(F)F)N(C)C(=O)N1CC(C)(C)Oc2cccnc21. The molecule has 21 heavy (non-hydrogen) atoms. The average molecular weight is 299 g/mol. The van der Waals surface area contributed by atoms with E-state index in [9.17, 15) is 13.6 Å². The molecule has 2 rings (SSSR count). The minimum Gasteiger partial charge on any atom is -0.482 e. The van der Waals surface area contributed by atoms with Gasteiger partial charge in [-0.15, -0.1) is 0 Å². The summed E-state index contributed by atoms with van der Waals surface area (Å²) in [7, 11) is 1.37. The Balaban J connectivity index is 2.32. The number of pyridine rings is 1. The van der Waals surface area contributed by atoms with Crippen LogP contribution in [0.2, 0.25) is 0 Å². The molecule has 7 heteroatoms. The quantitative estimate of drug-likeness (QED) is 0.843. The maximum absolute atomic E-state index is 12.8. The van der Waals surface area contributed by atoms with Gasteiger partial charge < -0.3 is 9.64 Å². The van der Waals surface area contributed by atoms with E-state index < -0.39 is 24.1 Å². The van der Waals surface area contributed by atoms with Crippen molar-refractivity contribution >= 4 is 11.8 Å². The molecule has 0 aliphatic carbocycles. The number of carbonyl (C=O) groups excluding carboxylic acids is 1. The highest BCUT2D eigenvalue weighted by Gasteiger charge is 2.38. The van der Waals surface area contributed by atoms with Gasteiger partial charge in [-0.3, -0.25) is 4.90 Å². The van der Waals surface area contributed by atoms with E-state index in [1.807, 2.05) is 13.8 Å². The highest BCUT2D eigenvalue weighted by atomic mass is 19.3. The number of ether oxygens (including phenoxy) is 1. The number of rotatable bonds is 2. The Labute approximate surface area is 122 Å². The zero-order valence-electron chi connectivity index (χ0n) is 12.5. The molecule has 1 unspecified atom stereocenters. The Kier molecular flexibility index (Phi) is 4.02. The molecule has 1 aromatic rings. The van der Waals surface area contributed by atoms with Crippen molar-refractivity contribution in [3.63, 3.8) is 0 Å². The van der Waals surface area contributed by atoms with E-state index in [0.717, 1.165) is 4.90 Å². The van der Waals surface area contributed by atoms with Gasteiger partial charge in [0.05, 0.1) is 12.6 Å². The molecule has 0 bridgehead atoms. The lowest BCUT2D eigenvalue weighted by atomic mass is 10.1. The van der Waals surface area contributed by atoms with Gasteiger partial charge in [-0.1, -0.05) is 0 Å². The summed E-state index contributed by atoms with van der Waals surface area (Å²) in [5, 5.41) is 0. The second-order valence-electron chi connectivity index (χ2n) is 5.74. The van der Waals surface area contributed by atoms with Crippen LogP contribution < -0.4 is 9.64 Å². The minimum atomic E-state index is -2.60. The highest BCUT2D eigenvalue weighted by molar-refractivity contribution is 5.93. The zero-order valence-corrected chi connectivity index (χ0v) is 12.5. The topological polar surface area (TPSA) is 45.7 Å². The average Bonchev–Trinajstić information content (AvgIpc) is 2.42. The molecule has 1 atom stereocenters. The third kappa shape index (κ3) is 3.06. The van der Waals surface area contributed by atoms with Crippen LogP contribution in [0.1, 0.15) is 20.8 Å². The third-order valence-corrected chi connectivity index (χ3v) is 3.44. The molecule has 5 nitrogen and oxygen atoms in total. The monoisotopic (exact) mass is 299 g/mol. The number of halogens is 2. The lowest BCUT2D eigenvalue weighted by Gasteiger charge is -2.40. The van der Waals surface area contributed by atoms with Crippen molar-refractivity contribution < 1.29 is 18.3 Å². The molecule has 0 spiro atoms. The van der Waals surface area contributed by atoms with Gasteiger partial charge in [-0.05, 0) is 32.9 Å². The van der Waals surface area contributed by atoms with Crippen molar-refractivity contribution in [1.29, 1.82) is 0 Å². The number of anilines is 1. The summed E-state index contributed by atoms with van der Waals surface area (Å²) < 4.78 is 31.4. The predicted octanol–water partition coefficient (Wildman–Crippen LogP) is 2.76. The molecule has 1 aliphatic heterocycles. The lowest BCUT2D eigenvalue weighted by Crippen LogP contribution is -2.55. The van der Waals surface area contributed by atoms with Crippen molar-refractivity contribution in [2.45, 2.75) is 38.8 Å². The largest absolute Gasteiger partial charge is 0.482 e. The Bertz CT molecular complexity index is 537. The summed E-state index contributed by atoms with van der Waals surface area (Å²) in [5.41, 5.74) is -0.611. The molecule has 0 radical (unpaired) electrons. The van der Waals surface area contributed by atoms with Gasteiger partial charge in [-0.2, -0.15) is 0 Å². The molecule has 0 fully saturated rings. The molecule has 0 aromatic carbocycles. The van der Waals surface area contributed by atoms with Gasteiger partial charge in [0, 0.05) is 13.2 Å². The van der Waals surface area contributed by atoms with Gasteiger partial charge in [0.1, 0.15) is 5.60 Å². The summed E-state index contributed by atoms with van der Waals surface area (Å²) in [5.74, 6) is 0.829. The molecule has 1 aliphatic rings. The molecule has 116 valence electrons. The second-order valence-corrected chi connectivity index (χ2v) is 5.74. The summed E-state index contributed by atoms with van der Waals surface area (Å²) in [4.78, 5) is 19.1. The molecule has 0 saturated heterocycles. The van der Waals surface area contributed by atoms with E-state index in [2.05, 4.69) is 4.98 Å². The third-order valence-electron chi connectivity index (χ3n) is 3.44. The van der Waals surface area contributed by atoms with E-state index in [0.29, 0.717) is 11.6 Å². The van der Waals surface area contributed by atoms with Crippen LogP contribution in [0.15, 0.2) is 18.3 Å². The van der Waals surface area contributed by atoms with E-state index in [4.69, 9.17) is 4.74 Å². The Hall–Kier alpha value is -1.92. The fourth-order valence-electron chi connectivity index (χ4n) is 2.14. The number of nitrogens with zero attached hydrogens (tertiary/aromatic N) is 3. The van der Waals surface area contributed by atoms with E-state index in [1.165, 1.54) is 25.1 Å². The number of urea groups is 1. The van der Waals surface area contributed by atoms with Gasteiger partial charge >= 0.3 is 6.03 Å². The summed E-state index contributed by atoms with van der Waals surface area (Å²) in [6.45, 7) is 5.23. The Morgan fingerprint density at radius 2 is 2.19 bits per heavy atom. The van der Waals surface area contributed by atoms with E-state index in [1.54, 1.807) is 12.1 Å². The van der Waals surface area contributed by atoms with Crippen LogP contribution in [0.4, 0.5) is 19.4 Å². The van der Waals surface area contributed by atoms with Crippen LogP contribution in [0, 0.1) is 0 Å². The fraction of sp³-hybridized carbons (Fsp3) is 0.571. The standard InChI is InChI=1S/C14H19F2N3O2/c1-9(11(15)16)18(4)13(20)19-8-14(2,3)21-10-6-5-7-17-12(10)19/h5-7,9,11H,8H2,1-4H3. The number of amides is 2. The Morgan fingerprint density at radius 1 is 1.52 bits per heavy atom. The number of hydrogen-bond donors (Lipinski definition) is 0. The predicted molar refractivity (Wildman–Crippen MR) is 74.9 cm³/mol. The summed E-state index contributed by atoms with van der Waals surface area (Å²) in [6, 6.07) is 1.73. The fourth-order valence-corrected chi connectivity index (χ4v) is 2.14.